The van der Waals surface area contributed by atoms with Crippen LogP contribution in [0.25, 0.3) is 10.2 Å². The highest BCUT2D eigenvalue weighted by atomic mass is 32.1. The predicted octanol–water partition coefficient (Wildman–Crippen LogP) is 3.85. The Balaban J connectivity index is 2.18. The maximum atomic E-state index is 12.5. The molecule has 0 saturated carbocycles. The second kappa shape index (κ2) is 6.82. The topological polar surface area (TPSA) is 77.5 Å². The number of aryl methyl sites for hydroxylation is 1. The highest BCUT2D eigenvalue weighted by Crippen LogP contribution is 2.23. The Morgan fingerprint density at radius 1 is 1.36 bits per heavy atom. The van der Waals surface area contributed by atoms with E-state index >= 15 is 0 Å². The van der Waals surface area contributed by atoms with Gasteiger partial charge in [-0.05, 0) is 24.6 Å². The summed E-state index contributed by atoms with van der Waals surface area (Å²) in [6.45, 7) is 6.04. The molecule has 0 saturated heterocycles. The number of rotatable bonds is 4. The summed E-state index contributed by atoms with van der Waals surface area (Å²) in [5.41, 5.74) is 2.18. The Morgan fingerprint density at radius 3 is 2.80 bits per heavy atom. The third-order valence-electron chi connectivity index (χ3n) is 3.76. The van der Waals surface area contributed by atoms with Gasteiger partial charge in [-0.2, -0.15) is 4.99 Å². The van der Waals surface area contributed by atoms with Gasteiger partial charge < -0.3 is 4.57 Å². The minimum absolute atomic E-state index is 0.0104. The molecule has 3 rings (SSSR count). The number of benzene rings is 2. The van der Waals surface area contributed by atoms with Gasteiger partial charge in [0.2, 0.25) is 0 Å². The molecule has 1 heterocycles. The average molecular weight is 353 g/mol. The summed E-state index contributed by atoms with van der Waals surface area (Å²) in [6.07, 6.45) is 1.70. The summed E-state index contributed by atoms with van der Waals surface area (Å²) < 4.78 is 2.53. The van der Waals surface area contributed by atoms with Crippen LogP contribution in [0.5, 0.6) is 0 Å². The van der Waals surface area contributed by atoms with Gasteiger partial charge in [-0.1, -0.05) is 35.6 Å². The van der Waals surface area contributed by atoms with Crippen molar-refractivity contribution in [2.45, 2.75) is 13.5 Å². The van der Waals surface area contributed by atoms with Crippen LogP contribution in [0, 0.1) is 17.0 Å². The Hall–Kier alpha value is -3.06. The first-order valence-corrected chi connectivity index (χ1v) is 8.36. The van der Waals surface area contributed by atoms with Crippen molar-refractivity contribution in [1.29, 1.82) is 0 Å². The third-order valence-corrected chi connectivity index (χ3v) is 4.80. The van der Waals surface area contributed by atoms with Crippen molar-refractivity contribution in [3.05, 3.63) is 81.2 Å². The highest BCUT2D eigenvalue weighted by Gasteiger charge is 2.13. The molecule has 2 aromatic carbocycles. The van der Waals surface area contributed by atoms with Crippen LogP contribution in [0.3, 0.4) is 0 Å². The molecule has 0 aliphatic rings. The lowest BCUT2D eigenvalue weighted by atomic mass is 10.1. The standard InChI is InChI=1S/C18H15N3O3S/c1-3-10-20-15-9-8-13(21(23)24)11-16(15)25-18(20)19-17(22)14-7-5-4-6-12(14)2/h3-9,11H,1,10H2,2H3. The molecule has 0 radical (unpaired) electrons. The van der Waals surface area contributed by atoms with E-state index in [4.69, 9.17) is 0 Å². The van der Waals surface area contributed by atoms with E-state index in [9.17, 15) is 14.9 Å². The summed E-state index contributed by atoms with van der Waals surface area (Å²) in [6, 6.07) is 11.9. The zero-order valence-electron chi connectivity index (χ0n) is 13.5. The Labute approximate surface area is 147 Å². The van der Waals surface area contributed by atoms with E-state index < -0.39 is 4.92 Å². The summed E-state index contributed by atoms with van der Waals surface area (Å²) in [7, 11) is 0. The minimum atomic E-state index is -0.438. The van der Waals surface area contributed by atoms with E-state index in [0.717, 1.165) is 11.1 Å². The first-order chi connectivity index (χ1) is 12.0. The lowest BCUT2D eigenvalue weighted by Gasteiger charge is -2.02. The van der Waals surface area contributed by atoms with Crippen molar-refractivity contribution in [3.8, 4) is 0 Å². The van der Waals surface area contributed by atoms with Crippen LogP contribution in [0.1, 0.15) is 15.9 Å². The fourth-order valence-electron chi connectivity index (χ4n) is 2.53. The normalized spacial score (nSPS) is 11.6. The van der Waals surface area contributed by atoms with E-state index in [1.807, 2.05) is 23.6 Å². The maximum Gasteiger partial charge on any atom is 0.279 e. The van der Waals surface area contributed by atoms with E-state index in [0.29, 0.717) is 21.6 Å². The Kier molecular flexibility index (Phi) is 4.58. The summed E-state index contributed by atoms with van der Waals surface area (Å²) in [4.78, 5) is 27.8. The van der Waals surface area contributed by atoms with Gasteiger partial charge in [0.25, 0.3) is 11.6 Å². The molecule has 1 amide bonds. The molecule has 126 valence electrons. The fourth-order valence-corrected chi connectivity index (χ4v) is 3.60. The molecule has 0 fully saturated rings. The number of nitrogens with zero attached hydrogens (tertiary/aromatic N) is 3. The van der Waals surface area contributed by atoms with Gasteiger partial charge in [-0.25, -0.2) is 0 Å². The van der Waals surface area contributed by atoms with Gasteiger partial charge in [-0.3, -0.25) is 14.9 Å². The van der Waals surface area contributed by atoms with Crippen LogP contribution < -0.4 is 4.80 Å². The molecule has 0 unspecified atom stereocenters. The summed E-state index contributed by atoms with van der Waals surface area (Å²) >= 11 is 1.25. The van der Waals surface area contributed by atoms with Gasteiger partial charge in [0.1, 0.15) is 0 Å². The molecule has 0 spiro atoms. The predicted molar refractivity (Wildman–Crippen MR) is 97.7 cm³/mol. The summed E-state index contributed by atoms with van der Waals surface area (Å²) in [5, 5.41) is 11.0. The number of aromatic nitrogens is 1. The van der Waals surface area contributed by atoms with Crippen molar-refractivity contribution in [1.82, 2.24) is 4.57 Å². The molecule has 0 atom stereocenters. The van der Waals surface area contributed by atoms with Crippen LogP contribution in [-0.4, -0.2) is 15.4 Å². The van der Waals surface area contributed by atoms with Crippen molar-refractivity contribution in [2.24, 2.45) is 4.99 Å². The van der Waals surface area contributed by atoms with Crippen LogP contribution in [0.4, 0.5) is 5.69 Å². The van der Waals surface area contributed by atoms with Crippen molar-refractivity contribution >= 4 is 33.1 Å². The number of carbonyl (C=O) groups excluding carboxylic acids is 1. The smallest absolute Gasteiger partial charge is 0.279 e. The van der Waals surface area contributed by atoms with E-state index in [1.165, 1.54) is 23.5 Å². The van der Waals surface area contributed by atoms with Gasteiger partial charge in [-0.15, -0.1) is 6.58 Å². The molecule has 0 aliphatic carbocycles. The molecule has 3 aromatic rings. The quantitative estimate of drug-likeness (QED) is 0.406. The minimum Gasteiger partial charge on any atom is -0.312 e. The first kappa shape index (κ1) is 16.8. The zero-order valence-corrected chi connectivity index (χ0v) is 14.3. The fraction of sp³-hybridized carbons (Fsp3) is 0.111. The van der Waals surface area contributed by atoms with Crippen molar-refractivity contribution in [3.63, 3.8) is 0 Å². The number of hydrogen-bond acceptors (Lipinski definition) is 4. The molecule has 0 aliphatic heterocycles. The molecular weight excluding hydrogens is 338 g/mol. The van der Waals surface area contributed by atoms with Crippen LogP contribution in [-0.2, 0) is 6.54 Å². The van der Waals surface area contributed by atoms with Crippen molar-refractivity contribution in [2.75, 3.05) is 0 Å². The van der Waals surface area contributed by atoms with Crippen LogP contribution in [0.2, 0.25) is 0 Å². The van der Waals surface area contributed by atoms with Gasteiger partial charge >= 0.3 is 0 Å². The Bertz CT molecular complexity index is 1060. The number of amides is 1. The van der Waals surface area contributed by atoms with Crippen molar-refractivity contribution < 1.29 is 9.72 Å². The molecule has 6 nitrogen and oxygen atoms in total. The monoisotopic (exact) mass is 353 g/mol. The number of nitro groups is 1. The average Bonchev–Trinajstić information content (AvgIpc) is 2.92. The number of carbonyl (C=O) groups is 1. The van der Waals surface area contributed by atoms with E-state index in [1.54, 1.807) is 24.3 Å². The molecule has 0 N–H and O–H groups in total. The molecule has 0 bridgehead atoms. The van der Waals surface area contributed by atoms with Gasteiger partial charge in [0.05, 0.1) is 15.1 Å². The lowest BCUT2D eigenvalue weighted by molar-refractivity contribution is -0.384. The SMILES string of the molecule is C=CCn1c(=NC(=O)c2ccccc2C)sc2cc([N+](=O)[O-])ccc21. The highest BCUT2D eigenvalue weighted by molar-refractivity contribution is 7.16. The van der Waals surface area contributed by atoms with E-state index in [-0.39, 0.29) is 11.6 Å². The summed E-state index contributed by atoms with van der Waals surface area (Å²) in [5.74, 6) is -0.336. The zero-order chi connectivity index (χ0) is 18.0. The first-order valence-electron chi connectivity index (χ1n) is 7.54. The van der Waals surface area contributed by atoms with E-state index in [2.05, 4.69) is 11.6 Å². The number of nitro benzene ring substituents is 1. The molecular formula is C18H15N3O3S. The maximum absolute atomic E-state index is 12.5. The Morgan fingerprint density at radius 2 is 2.12 bits per heavy atom. The van der Waals surface area contributed by atoms with Crippen LogP contribution >= 0.6 is 11.3 Å². The molecule has 7 heteroatoms. The lowest BCUT2D eigenvalue weighted by Crippen LogP contribution is -2.16. The second-order valence-corrected chi connectivity index (χ2v) is 6.43. The number of hydrogen-bond donors (Lipinski definition) is 0. The number of fused-ring (bicyclic) bond motifs is 1. The molecule has 1 aromatic heterocycles. The second-order valence-electron chi connectivity index (χ2n) is 5.42. The van der Waals surface area contributed by atoms with Gasteiger partial charge in [0.15, 0.2) is 4.80 Å². The largest absolute Gasteiger partial charge is 0.312 e. The van der Waals surface area contributed by atoms with Gasteiger partial charge in [0, 0.05) is 24.2 Å². The number of allylic oxidation sites excluding steroid dienone is 1. The molecule has 25 heavy (non-hydrogen) atoms. The van der Waals surface area contributed by atoms with Crippen LogP contribution in [0.15, 0.2) is 60.1 Å². The third kappa shape index (κ3) is 3.27. The number of non-ortho nitro benzene ring substituents is 1. The number of thiazole rings is 1.